The first-order valence-corrected chi connectivity index (χ1v) is 27.3. The molecule has 6 N–H and O–H groups in total. The Kier molecular flexibility index (Phi) is 24.5. The summed E-state index contributed by atoms with van der Waals surface area (Å²) in [6, 6.07) is 13.5. The third-order valence-corrected chi connectivity index (χ3v) is 12.0. The minimum atomic E-state index is -1.03. The number of pyridine rings is 2. The molecule has 4 aromatic heterocycles. The summed E-state index contributed by atoms with van der Waals surface area (Å²) in [4.78, 5) is 71.1. The van der Waals surface area contributed by atoms with Crippen molar-refractivity contribution in [1.29, 1.82) is 0 Å². The first kappa shape index (κ1) is 63.6. The molecule has 0 saturated carbocycles. The van der Waals surface area contributed by atoms with Gasteiger partial charge in [0.15, 0.2) is 11.6 Å². The second-order valence-corrected chi connectivity index (χ2v) is 21.0. The lowest BCUT2D eigenvalue weighted by atomic mass is 10.0. The van der Waals surface area contributed by atoms with Crippen LogP contribution in [0.15, 0.2) is 48.5 Å². The molecule has 0 unspecified atom stereocenters. The Morgan fingerprint density at radius 2 is 0.962 bits per heavy atom. The van der Waals surface area contributed by atoms with Crippen molar-refractivity contribution in [2.45, 2.75) is 139 Å². The maximum Gasteiger partial charge on any atom is 0.248 e. The van der Waals surface area contributed by atoms with Gasteiger partial charge in [-0.1, -0.05) is 64.1 Å². The molecule has 6 rings (SSSR count). The van der Waals surface area contributed by atoms with E-state index < -0.39 is 41.0 Å². The quantitative estimate of drug-likeness (QED) is 0.0256. The topological polar surface area (TPSA) is 274 Å². The van der Waals surface area contributed by atoms with Gasteiger partial charge in [-0.2, -0.15) is 0 Å². The molecule has 4 heterocycles. The zero-order chi connectivity index (χ0) is 57.9. The predicted octanol–water partition coefficient (Wildman–Crippen LogP) is 6.44. The first-order valence-electron chi connectivity index (χ1n) is 27.3. The smallest absolute Gasteiger partial charge is 0.248 e. The Morgan fingerprint density at radius 1 is 0.557 bits per heavy atom. The van der Waals surface area contributed by atoms with Crippen LogP contribution in [0.5, 0.6) is 0 Å². The summed E-state index contributed by atoms with van der Waals surface area (Å²) in [5, 5.41) is 34.4. The summed E-state index contributed by atoms with van der Waals surface area (Å²) in [5.74, 6) is 0.120. The van der Waals surface area contributed by atoms with E-state index in [1.807, 2.05) is 113 Å². The SMILES string of the molecule is CCOCCOCC(=O)N[C@@H](CC(C)C)C(=O)Nc1nc2ccccc2c2c1nc(COCC)n2CC(C)(C)O.CCOCCOCC(=O)N[C@H](C(=O)Nc1nc2ccccc2c2c1nc(COCC)n2CC(C)(C)O)C(C)C. The van der Waals surface area contributed by atoms with E-state index >= 15 is 0 Å². The van der Waals surface area contributed by atoms with Crippen LogP contribution >= 0.6 is 0 Å². The van der Waals surface area contributed by atoms with Crippen LogP contribution in [0.1, 0.15) is 101 Å². The number of carbonyl (C=O) groups is 4. The number of rotatable bonds is 31. The standard InChI is InChI=1S/C29H43N5O6.C28H41N5O6/c1-7-38-13-14-40-17-24(35)30-22(15-19(3)4)28(36)33-27-25-26(20-11-9-10-12-21(20)31-27)34(18-29(5,6)37)23(32-25)16-39-8-2;1-7-37-13-14-39-16-22(34)31-23(18(3)4)27(35)32-26-24-25(19-11-9-10-12-20(19)29-26)33(17-28(5,6)36)21(30-24)15-38-8-2/h9-12,19,22,37H,7-8,13-18H2,1-6H3,(H,30,35)(H,31,33,36);9-12,18,23,36H,7-8,13-17H2,1-6H3,(H,31,34)(H,29,32,35)/t22-;23-/m00/s1. The fourth-order valence-corrected chi connectivity index (χ4v) is 8.60. The number of nitrogens with zero attached hydrogens (tertiary/aromatic N) is 6. The molecule has 0 spiro atoms. The third-order valence-electron chi connectivity index (χ3n) is 12.0. The molecule has 434 valence electrons. The van der Waals surface area contributed by atoms with Crippen molar-refractivity contribution in [3.8, 4) is 0 Å². The molecular formula is C57H84N10O12. The molecule has 0 fully saturated rings. The van der Waals surface area contributed by atoms with Crippen LogP contribution < -0.4 is 21.3 Å². The Hall–Kier alpha value is -6.24. The maximum atomic E-state index is 13.5. The van der Waals surface area contributed by atoms with Crippen LogP contribution in [0.2, 0.25) is 0 Å². The number of benzene rings is 2. The number of ether oxygens (including phenoxy) is 6. The normalized spacial score (nSPS) is 12.8. The van der Waals surface area contributed by atoms with Crippen LogP contribution in [0.3, 0.4) is 0 Å². The van der Waals surface area contributed by atoms with Crippen LogP contribution in [-0.4, -0.2) is 152 Å². The summed E-state index contributed by atoms with van der Waals surface area (Å²) in [6.07, 6.45) is 0.427. The number of amides is 4. The fraction of sp³-hybridized carbons (Fsp3) is 0.579. The number of nitrogens with one attached hydrogen (secondary N) is 4. The summed E-state index contributed by atoms with van der Waals surface area (Å²) >= 11 is 0. The van der Waals surface area contributed by atoms with E-state index in [1.54, 1.807) is 27.7 Å². The minimum Gasteiger partial charge on any atom is -0.389 e. The highest BCUT2D eigenvalue weighted by molar-refractivity contribution is 6.12. The highest BCUT2D eigenvalue weighted by Crippen LogP contribution is 2.34. The van der Waals surface area contributed by atoms with Gasteiger partial charge in [-0.15, -0.1) is 0 Å². The van der Waals surface area contributed by atoms with Crippen LogP contribution in [0, 0.1) is 11.8 Å². The van der Waals surface area contributed by atoms with Gasteiger partial charge in [-0.3, -0.25) is 19.2 Å². The average molecular weight is 1100 g/mol. The second-order valence-electron chi connectivity index (χ2n) is 21.0. The van der Waals surface area contributed by atoms with Crippen molar-refractivity contribution in [3.05, 3.63) is 60.2 Å². The lowest BCUT2D eigenvalue weighted by Gasteiger charge is -2.22. The van der Waals surface area contributed by atoms with E-state index in [2.05, 4.69) is 21.3 Å². The zero-order valence-electron chi connectivity index (χ0n) is 48.2. The molecule has 0 bridgehead atoms. The largest absolute Gasteiger partial charge is 0.389 e. The Bertz CT molecular complexity index is 2940. The van der Waals surface area contributed by atoms with E-state index in [1.165, 1.54) is 0 Å². The number of imidazole rings is 2. The molecule has 22 nitrogen and oxygen atoms in total. The van der Waals surface area contributed by atoms with Crippen molar-refractivity contribution in [2.24, 2.45) is 11.8 Å². The molecule has 0 aliphatic heterocycles. The molecule has 0 radical (unpaired) electrons. The van der Waals surface area contributed by atoms with Gasteiger partial charge in [0.25, 0.3) is 0 Å². The molecular weight excluding hydrogens is 1020 g/mol. The van der Waals surface area contributed by atoms with E-state index in [4.69, 9.17) is 48.4 Å². The van der Waals surface area contributed by atoms with Gasteiger partial charge in [0.2, 0.25) is 23.6 Å². The molecule has 0 aliphatic carbocycles. The van der Waals surface area contributed by atoms with Gasteiger partial charge in [-0.05, 0) is 85.8 Å². The summed E-state index contributed by atoms with van der Waals surface area (Å²) in [6.45, 7) is 26.3. The van der Waals surface area contributed by atoms with Crippen molar-refractivity contribution in [2.75, 3.05) is 76.7 Å². The second kappa shape index (κ2) is 30.4. The monoisotopic (exact) mass is 1100 g/mol. The lowest BCUT2D eigenvalue weighted by molar-refractivity contribution is -0.131. The predicted molar refractivity (Wildman–Crippen MR) is 303 cm³/mol. The van der Waals surface area contributed by atoms with Gasteiger partial charge in [0, 0.05) is 37.2 Å². The maximum absolute atomic E-state index is 13.5. The Morgan fingerprint density at radius 3 is 1.37 bits per heavy atom. The number of hydrogen-bond acceptors (Lipinski definition) is 16. The zero-order valence-corrected chi connectivity index (χ0v) is 48.2. The molecule has 79 heavy (non-hydrogen) atoms. The highest BCUT2D eigenvalue weighted by Gasteiger charge is 2.30. The van der Waals surface area contributed by atoms with E-state index in [0.29, 0.717) is 86.4 Å². The molecule has 4 amide bonds. The van der Waals surface area contributed by atoms with Crippen molar-refractivity contribution in [3.63, 3.8) is 0 Å². The number of carbonyl (C=O) groups excluding carboxylic acids is 4. The average Bonchev–Trinajstić information content (AvgIpc) is 4.03. The lowest BCUT2D eigenvalue weighted by Crippen LogP contribution is -2.48. The molecule has 22 heteroatoms. The van der Waals surface area contributed by atoms with Crippen molar-refractivity contribution >= 4 is 79.1 Å². The van der Waals surface area contributed by atoms with Crippen molar-refractivity contribution in [1.82, 2.24) is 39.7 Å². The molecule has 6 aromatic rings. The number of fused-ring (bicyclic) bond motifs is 6. The number of aromatic nitrogens is 6. The number of aliphatic hydroxyl groups is 2. The minimum absolute atomic E-state index is 0.142. The van der Waals surface area contributed by atoms with Crippen LogP contribution in [-0.2, 0) is 73.9 Å². The highest BCUT2D eigenvalue weighted by atomic mass is 16.5. The van der Waals surface area contributed by atoms with Gasteiger partial charge in [0.1, 0.15) is 61.2 Å². The summed E-state index contributed by atoms with van der Waals surface area (Å²) in [5.41, 5.74) is 1.71. The first-order chi connectivity index (χ1) is 37.6. The van der Waals surface area contributed by atoms with E-state index in [-0.39, 0.29) is 75.5 Å². The molecule has 0 aliphatic rings. The van der Waals surface area contributed by atoms with Gasteiger partial charge in [0.05, 0.1) is 72.8 Å². The number of hydrogen-bond donors (Lipinski definition) is 6. The van der Waals surface area contributed by atoms with Crippen LogP contribution in [0.4, 0.5) is 11.6 Å². The van der Waals surface area contributed by atoms with E-state index in [9.17, 15) is 29.4 Å². The van der Waals surface area contributed by atoms with Gasteiger partial charge in [-0.25, -0.2) is 19.9 Å². The molecule has 2 aromatic carbocycles. The number of anilines is 2. The Labute approximate surface area is 463 Å². The van der Waals surface area contributed by atoms with Gasteiger partial charge >= 0.3 is 0 Å². The fourth-order valence-electron chi connectivity index (χ4n) is 8.60. The summed E-state index contributed by atoms with van der Waals surface area (Å²) in [7, 11) is 0. The van der Waals surface area contributed by atoms with Gasteiger partial charge < -0.3 is 69.0 Å². The number of para-hydroxylation sites is 2. The summed E-state index contributed by atoms with van der Waals surface area (Å²) < 4.78 is 36.3. The Balaban J connectivity index is 0.000000291. The van der Waals surface area contributed by atoms with E-state index in [0.717, 1.165) is 21.8 Å². The van der Waals surface area contributed by atoms with Crippen molar-refractivity contribution < 1.29 is 57.8 Å². The third kappa shape index (κ3) is 18.9. The molecule has 0 saturated heterocycles. The van der Waals surface area contributed by atoms with Crippen LogP contribution in [0.25, 0.3) is 43.9 Å². The molecule has 2 atom stereocenters.